The molecule has 0 aliphatic rings. The molecule has 10 heteroatoms. The Morgan fingerprint density at radius 1 is 1.35 bits per heavy atom. The number of H-pyrrole nitrogens is 1. The van der Waals surface area contributed by atoms with E-state index in [0.29, 0.717) is 12.0 Å². The first kappa shape index (κ1) is 18.2. The van der Waals surface area contributed by atoms with Crippen LogP contribution >= 0.6 is 0 Å². The third-order valence-corrected chi connectivity index (χ3v) is 5.20. The van der Waals surface area contributed by atoms with Crippen LogP contribution in [0.3, 0.4) is 0 Å². The van der Waals surface area contributed by atoms with E-state index < -0.39 is 16.1 Å². The second kappa shape index (κ2) is 7.36. The normalized spacial score (nSPS) is 13.2. The van der Waals surface area contributed by atoms with Crippen molar-refractivity contribution in [3.63, 3.8) is 0 Å². The van der Waals surface area contributed by atoms with Crippen LogP contribution in [0.5, 0.6) is 0 Å². The highest BCUT2D eigenvalue weighted by Crippen LogP contribution is 2.22. The Morgan fingerprint density at radius 3 is 2.85 bits per heavy atom. The summed E-state index contributed by atoms with van der Waals surface area (Å²) in [6, 6.07) is 5.65. The summed E-state index contributed by atoms with van der Waals surface area (Å²) >= 11 is 0. The van der Waals surface area contributed by atoms with Gasteiger partial charge >= 0.3 is 0 Å². The summed E-state index contributed by atoms with van der Waals surface area (Å²) in [5, 5.41) is 3.91. The zero-order chi connectivity index (χ0) is 18.7. The molecule has 3 rings (SSSR count). The quantitative estimate of drug-likeness (QED) is 0.566. The molecular formula is C16H20N6O3S. The van der Waals surface area contributed by atoms with Crippen LogP contribution in [-0.4, -0.2) is 34.6 Å². The molecule has 1 atom stereocenters. The molecular weight excluding hydrogens is 356 g/mol. The van der Waals surface area contributed by atoms with Gasteiger partial charge in [-0.3, -0.25) is 0 Å². The number of benzene rings is 1. The first-order chi connectivity index (χ1) is 12.3. The molecule has 2 aromatic heterocycles. The first-order valence-corrected chi connectivity index (χ1v) is 9.52. The molecule has 4 N–H and O–H groups in total. The van der Waals surface area contributed by atoms with Gasteiger partial charge in [-0.2, -0.15) is 4.98 Å². The smallest absolute Gasteiger partial charge is 0.244 e. The van der Waals surface area contributed by atoms with E-state index in [2.05, 4.69) is 24.8 Å². The average Bonchev–Trinajstić information content (AvgIpc) is 3.25. The molecule has 0 unspecified atom stereocenters. The summed E-state index contributed by atoms with van der Waals surface area (Å²) < 4.78 is 32.4. The summed E-state index contributed by atoms with van der Waals surface area (Å²) in [6.45, 7) is 3.52. The number of nitrogens with two attached hydrogens (primary N) is 1. The van der Waals surface area contributed by atoms with Crippen molar-refractivity contribution in [2.24, 2.45) is 5.73 Å². The molecule has 0 saturated carbocycles. The largest absolute Gasteiger partial charge is 0.348 e. The molecule has 0 bridgehead atoms. The van der Waals surface area contributed by atoms with Gasteiger partial charge in [0.25, 0.3) is 0 Å². The summed E-state index contributed by atoms with van der Waals surface area (Å²) in [7, 11) is -3.61. The molecule has 0 radical (unpaired) electrons. The van der Waals surface area contributed by atoms with Crippen LogP contribution in [0.15, 0.2) is 46.2 Å². The van der Waals surface area contributed by atoms with E-state index in [4.69, 9.17) is 10.3 Å². The van der Waals surface area contributed by atoms with Crippen molar-refractivity contribution < 1.29 is 12.9 Å². The number of sulfonamides is 1. The van der Waals surface area contributed by atoms with Gasteiger partial charge in [-0.05, 0) is 26.0 Å². The maximum absolute atomic E-state index is 12.3. The molecule has 0 aliphatic heterocycles. The van der Waals surface area contributed by atoms with Crippen LogP contribution in [0, 0.1) is 0 Å². The number of nitrogens with zero attached hydrogens (tertiary/aromatic N) is 3. The van der Waals surface area contributed by atoms with E-state index in [1.165, 1.54) is 12.1 Å². The van der Waals surface area contributed by atoms with Gasteiger partial charge in [0.2, 0.25) is 21.7 Å². The summed E-state index contributed by atoms with van der Waals surface area (Å²) in [5.74, 6) is 0.546. The second-order valence-electron chi connectivity index (χ2n) is 6.15. The lowest BCUT2D eigenvalue weighted by Crippen LogP contribution is -2.30. The highest BCUT2D eigenvalue weighted by atomic mass is 32.2. The van der Waals surface area contributed by atoms with Crippen molar-refractivity contribution in [3.05, 3.63) is 48.4 Å². The minimum Gasteiger partial charge on any atom is -0.348 e. The van der Waals surface area contributed by atoms with Gasteiger partial charge in [0.15, 0.2) is 0 Å². The third-order valence-electron chi connectivity index (χ3n) is 3.55. The maximum Gasteiger partial charge on any atom is 0.244 e. The van der Waals surface area contributed by atoms with Crippen LogP contribution in [0.4, 0.5) is 0 Å². The number of imidazole rings is 1. The van der Waals surface area contributed by atoms with Gasteiger partial charge in [0.05, 0.1) is 17.3 Å². The highest BCUT2D eigenvalue weighted by molar-refractivity contribution is 7.89. The lowest BCUT2D eigenvalue weighted by atomic mass is 10.2. The monoisotopic (exact) mass is 376 g/mol. The summed E-state index contributed by atoms with van der Waals surface area (Å²) in [6.07, 6.45) is 3.71. The number of aromatic amines is 1. The van der Waals surface area contributed by atoms with Gasteiger partial charge < -0.3 is 15.2 Å². The van der Waals surface area contributed by atoms with Crippen molar-refractivity contribution in [3.8, 4) is 11.4 Å². The average molecular weight is 376 g/mol. The van der Waals surface area contributed by atoms with E-state index in [-0.39, 0.29) is 22.7 Å². The van der Waals surface area contributed by atoms with E-state index in [0.717, 1.165) is 5.69 Å². The van der Waals surface area contributed by atoms with Gasteiger partial charge in [-0.1, -0.05) is 17.3 Å². The zero-order valence-corrected chi connectivity index (χ0v) is 15.2. The van der Waals surface area contributed by atoms with Crippen molar-refractivity contribution in [2.45, 2.75) is 37.2 Å². The SMILES string of the molecule is CC(C)NS(=O)(=O)c1cccc(-c2noc([C@@H](N)Cc3cnc[nH]3)n2)c1. The number of hydrogen-bond donors (Lipinski definition) is 3. The first-order valence-electron chi connectivity index (χ1n) is 8.04. The van der Waals surface area contributed by atoms with E-state index >= 15 is 0 Å². The summed E-state index contributed by atoms with van der Waals surface area (Å²) in [4.78, 5) is 11.3. The van der Waals surface area contributed by atoms with Gasteiger partial charge in [-0.15, -0.1) is 0 Å². The Hall–Kier alpha value is -2.56. The standard InChI is InChI=1S/C16H20N6O3S/c1-10(2)22-26(23,24)13-5-3-4-11(6-13)15-20-16(25-21-15)14(17)7-12-8-18-9-19-12/h3-6,8-10,14,22H,7,17H2,1-2H3,(H,18,19)/t14-/m0/s1. The van der Waals surface area contributed by atoms with Crippen LogP contribution in [-0.2, 0) is 16.4 Å². The molecule has 9 nitrogen and oxygen atoms in total. The molecule has 0 fully saturated rings. The zero-order valence-electron chi connectivity index (χ0n) is 14.4. The Morgan fingerprint density at radius 2 is 2.15 bits per heavy atom. The van der Waals surface area contributed by atoms with Crippen LogP contribution in [0.1, 0.15) is 31.5 Å². The Balaban J connectivity index is 1.82. The molecule has 26 heavy (non-hydrogen) atoms. The fourth-order valence-corrected chi connectivity index (χ4v) is 3.70. The summed E-state index contributed by atoms with van der Waals surface area (Å²) in [5.41, 5.74) is 7.46. The number of aromatic nitrogens is 4. The van der Waals surface area contributed by atoms with Crippen molar-refractivity contribution in [1.82, 2.24) is 24.8 Å². The maximum atomic E-state index is 12.3. The fourth-order valence-electron chi connectivity index (χ4n) is 2.40. The number of rotatable bonds is 7. The van der Waals surface area contributed by atoms with Gasteiger partial charge in [0.1, 0.15) is 0 Å². The molecule has 0 amide bonds. The molecule has 0 spiro atoms. The van der Waals surface area contributed by atoms with E-state index in [1.807, 2.05) is 0 Å². The molecule has 0 aliphatic carbocycles. The van der Waals surface area contributed by atoms with E-state index in [9.17, 15) is 8.42 Å². The van der Waals surface area contributed by atoms with Crippen LogP contribution < -0.4 is 10.5 Å². The Bertz CT molecular complexity index is 966. The fraction of sp³-hybridized carbons (Fsp3) is 0.312. The highest BCUT2D eigenvalue weighted by Gasteiger charge is 2.19. The second-order valence-corrected chi connectivity index (χ2v) is 7.86. The van der Waals surface area contributed by atoms with Gasteiger partial charge in [0, 0.05) is 29.9 Å². The predicted molar refractivity (Wildman–Crippen MR) is 94.4 cm³/mol. The third kappa shape index (κ3) is 4.15. The number of hydrogen-bond acceptors (Lipinski definition) is 7. The van der Waals surface area contributed by atoms with Gasteiger partial charge in [-0.25, -0.2) is 18.1 Å². The van der Waals surface area contributed by atoms with Crippen LogP contribution in [0.25, 0.3) is 11.4 Å². The van der Waals surface area contributed by atoms with Crippen LogP contribution in [0.2, 0.25) is 0 Å². The minimum atomic E-state index is -3.61. The molecule has 3 aromatic rings. The van der Waals surface area contributed by atoms with Crippen molar-refractivity contribution in [2.75, 3.05) is 0 Å². The van der Waals surface area contributed by atoms with Crippen molar-refractivity contribution >= 4 is 10.0 Å². The number of nitrogens with one attached hydrogen (secondary N) is 2. The Labute approximate surface area is 151 Å². The lowest BCUT2D eigenvalue weighted by Gasteiger charge is -2.09. The lowest BCUT2D eigenvalue weighted by molar-refractivity contribution is 0.354. The van der Waals surface area contributed by atoms with E-state index in [1.54, 1.807) is 38.5 Å². The molecule has 2 heterocycles. The predicted octanol–water partition coefficient (Wildman–Crippen LogP) is 1.39. The molecule has 0 saturated heterocycles. The minimum absolute atomic E-state index is 0.136. The Kier molecular flexibility index (Phi) is 5.16. The molecule has 138 valence electrons. The topological polar surface area (TPSA) is 140 Å². The molecule has 1 aromatic carbocycles. The van der Waals surface area contributed by atoms with Crippen molar-refractivity contribution in [1.29, 1.82) is 0 Å².